The van der Waals surface area contributed by atoms with Crippen LogP contribution in [0.15, 0.2) is 53.3 Å². The molecule has 1 aromatic rings. The number of ether oxygens (including phenoxy) is 1. The molecular weight excluding hydrogens is 318 g/mol. The van der Waals surface area contributed by atoms with E-state index in [0.717, 1.165) is 22.9 Å². The molecule has 3 nitrogen and oxygen atoms in total. The van der Waals surface area contributed by atoms with Gasteiger partial charge in [-0.1, -0.05) is 60.1 Å². The number of methoxy groups -OCH3 is 1. The van der Waals surface area contributed by atoms with Crippen LogP contribution >= 0.6 is 15.9 Å². The number of benzene rings is 1. The van der Waals surface area contributed by atoms with Gasteiger partial charge in [-0.25, -0.2) is 4.79 Å². The van der Waals surface area contributed by atoms with Crippen molar-refractivity contribution >= 4 is 21.9 Å². The van der Waals surface area contributed by atoms with Crippen molar-refractivity contribution in [2.24, 2.45) is 0 Å². The van der Waals surface area contributed by atoms with Crippen molar-refractivity contribution in [3.8, 4) is 0 Å². The van der Waals surface area contributed by atoms with Crippen LogP contribution in [0.1, 0.15) is 25.3 Å². The van der Waals surface area contributed by atoms with Crippen LogP contribution in [0.2, 0.25) is 0 Å². The van der Waals surface area contributed by atoms with Crippen molar-refractivity contribution in [1.29, 1.82) is 0 Å². The highest BCUT2D eigenvalue weighted by Gasteiger charge is 2.16. The molecule has 0 N–H and O–H groups in total. The monoisotopic (exact) mass is 337 g/mol. The maximum absolute atomic E-state index is 11.9. The molecule has 0 aromatic heterocycles. The van der Waals surface area contributed by atoms with Crippen LogP contribution in [-0.4, -0.2) is 18.0 Å². The van der Waals surface area contributed by atoms with E-state index >= 15 is 0 Å². The van der Waals surface area contributed by atoms with Gasteiger partial charge in [0.2, 0.25) is 0 Å². The van der Waals surface area contributed by atoms with Gasteiger partial charge in [-0.2, -0.15) is 0 Å². The third-order valence-corrected chi connectivity index (χ3v) is 3.62. The first kappa shape index (κ1) is 16.5. The summed E-state index contributed by atoms with van der Waals surface area (Å²) in [6, 6.07) is 7.91. The average Bonchev–Trinajstić information content (AvgIpc) is 2.47. The van der Waals surface area contributed by atoms with Gasteiger partial charge in [-0.15, -0.1) is 0 Å². The predicted octanol–water partition coefficient (Wildman–Crippen LogP) is 4.25. The number of carbonyl (C=O) groups excluding carboxylic acids is 1. The fourth-order valence-corrected chi connectivity index (χ4v) is 2.17. The second-order valence-corrected chi connectivity index (χ2v) is 5.13. The van der Waals surface area contributed by atoms with Crippen LogP contribution < -0.4 is 0 Å². The van der Waals surface area contributed by atoms with Crippen molar-refractivity contribution in [1.82, 2.24) is 4.90 Å². The van der Waals surface area contributed by atoms with Crippen LogP contribution in [0.4, 0.5) is 0 Å². The van der Waals surface area contributed by atoms with E-state index in [9.17, 15) is 4.79 Å². The number of nitrogens with zero attached hydrogens (tertiary/aromatic N) is 1. The van der Waals surface area contributed by atoms with Gasteiger partial charge in [0.1, 0.15) is 5.70 Å². The summed E-state index contributed by atoms with van der Waals surface area (Å²) in [7, 11) is 1.39. The highest BCUT2D eigenvalue weighted by Crippen LogP contribution is 2.21. The molecule has 0 saturated carbocycles. The minimum Gasteiger partial charge on any atom is -0.464 e. The van der Waals surface area contributed by atoms with Gasteiger partial charge in [0.15, 0.2) is 0 Å². The smallest absolute Gasteiger partial charge is 0.354 e. The summed E-state index contributed by atoms with van der Waals surface area (Å²) in [5.74, 6) is -0.342. The summed E-state index contributed by atoms with van der Waals surface area (Å²) in [6.45, 7) is 6.43. The maximum Gasteiger partial charge on any atom is 0.354 e. The van der Waals surface area contributed by atoms with Crippen molar-refractivity contribution in [3.05, 3.63) is 58.9 Å². The molecule has 0 aliphatic heterocycles. The Hall–Kier alpha value is -1.55. The molecule has 108 valence electrons. The summed E-state index contributed by atoms with van der Waals surface area (Å²) >= 11 is 3.51. The molecule has 0 aliphatic rings. The molecule has 20 heavy (non-hydrogen) atoms. The zero-order valence-corrected chi connectivity index (χ0v) is 13.5. The highest BCUT2D eigenvalue weighted by molar-refractivity contribution is 9.10. The molecular formula is C16H20BrNO2. The molecule has 1 rings (SSSR count). The van der Waals surface area contributed by atoms with Crippen LogP contribution in [0.25, 0.3) is 0 Å². The lowest BCUT2D eigenvalue weighted by Gasteiger charge is -2.22. The third-order valence-electron chi connectivity index (χ3n) is 2.85. The van der Waals surface area contributed by atoms with E-state index < -0.39 is 0 Å². The standard InChI is InChI=1S/C16H20BrNO2/c1-4-6-11-15(16(19)20-3)18(5-2)12-13-9-7-8-10-14(13)17/h5,7-11H,2,4,6,12H2,1,3H3/b15-11-. The number of esters is 1. The summed E-state index contributed by atoms with van der Waals surface area (Å²) in [5.41, 5.74) is 1.61. The molecule has 0 radical (unpaired) electrons. The van der Waals surface area contributed by atoms with Crippen LogP contribution in [-0.2, 0) is 16.1 Å². The molecule has 0 atom stereocenters. The molecule has 0 spiro atoms. The zero-order chi connectivity index (χ0) is 15.0. The molecule has 0 saturated heterocycles. The van der Waals surface area contributed by atoms with E-state index in [2.05, 4.69) is 29.4 Å². The molecule has 0 bridgehead atoms. The molecule has 0 heterocycles. The lowest BCUT2D eigenvalue weighted by atomic mass is 10.2. The molecule has 1 aromatic carbocycles. The second-order valence-electron chi connectivity index (χ2n) is 4.27. The Bertz CT molecular complexity index is 497. The summed E-state index contributed by atoms with van der Waals surface area (Å²) in [6.07, 6.45) is 5.34. The number of unbranched alkanes of at least 4 members (excludes halogenated alkanes) is 1. The summed E-state index contributed by atoms with van der Waals surface area (Å²) < 4.78 is 5.86. The number of halogens is 1. The number of rotatable bonds is 7. The van der Waals surface area contributed by atoms with E-state index in [1.807, 2.05) is 35.2 Å². The first-order valence-electron chi connectivity index (χ1n) is 6.55. The van der Waals surface area contributed by atoms with Gasteiger partial charge in [0, 0.05) is 11.0 Å². The minimum absolute atomic E-state index is 0.342. The van der Waals surface area contributed by atoms with Gasteiger partial charge in [-0.05, 0) is 24.3 Å². The molecule has 0 unspecified atom stereocenters. The summed E-state index contributed by atoms with van der Waals surface area (Å²) in [5, 5.41) is 0. The number of allylic oxidation sites excluding steroid dienone is 1. The highest BCUT2D eigenvalue weighted by atomic mass is 79.9. The normalized spacial score (nSPS) is 11.1. The minimum atomic E-state index is -0.342. The lowest BCUT2D eigenvalue weighted by molar-refractivity contribution is -0.137. The Kier molecular flexibility index (Phi) is 7.09. The van der Waals surface area contributed by atoms with E-state index in [0.29, 0.717) is 12.2 Å². The van der Waals surface area contributed by atoms with Gasteiger partial charge >= 0.3 is 5.97 Å². The van der Waals surface area contributed by atoms with Crippen LogP contribution in [0.5, 0.6) is 0 Å². The molecule has 0 aliphatic carbocycles. The topological polar surface area (TPSA) is 29.5 Å². The van der Waals surface area contributed by atoms with Gasteiger partial charge in [0.25, 0.3) is 0 Å². The van der Waals surface area contributed by atoms with E-state index in [-0.39, 0.29) is 5.97 Å². The molecule has 4 heteroatoms. The number of hydrogen-bond acceptors (Lipinski definition) is 3. The lowest BCUT2D eigenvalue weighted by Crippen LogP contribution is -2.23. The maximum atomic E-state index is 11.9. The van der Waals surface area contributed by atoms with Crippen LogP contribution in [0.3, 0.4) is 0 Å². The summed E-state index contributed by atoms with van der Waals surface area (Å²) in [4.78, 5) is 13.7. The Morgan fingerprint density at radius 1 is 1.45 bits per heavy atom. The van der Waals surface area contributed by atoms with E-state index in [1.54, 1.807) is 6.20 Å². The van der Waals surface area contributed by atoms with E-state index in [4.69, 9.17) is 4.74 Å². The van der Waals surface area contributed by atoms with Gasteiger partial charge in [0.05, 0.1) is 7.11 Å². The Labute approximate surface area is 129 Å². The third kappa shape index (κ3) is 4.53. The Balaban J connectivity index is 2.99. The SMILES string of the molecule is C=CN(Cc1ccccc1Br)/C(=C\CCC)C(=O)OC. The average molecular weight is 338 g/mol. The largest absolute Gasteiger partial charge is 0.464 e. The van der Waals surface area contributed by atoms with Crippen molar-refractivity contribution in [3.63, 3.8) is 0 Å². The van der Waals surface area contributed by atoms with Crippen LogP contribution in [0, 0.1) is 0 Å². The van der Waals surface area contributed by atoms with E-state index in [1.165, 1.54) is 7.11 Å². The zero-order valence-electron chi connectivity index (χ0n) is 11.9. The first-order valence-corrected chi connectivity index (χ1v) is 7.34. The number of hydrogen-bond donors (Lipinski definition) is 0. The second kappa shape index (κ2) is 8.59. The predicted molar refractivity (Wildman–Crippen MR) is 84.9 cm³/mol. The Morgan fingerprint density at radius 2 is 2.15 bits per heavy atom. The quantitative estimate of drug-likeness (QED) is 0.550. The fourth-order valence-electron chi connectivity index (χ4n) is 1.76. The first-order chi connectivity index (χ1) is 9.63. The van der Waals surface area contributed by atoms with Crippen molar-refractivity contribution in [2.75, 3.05) is 7.11 Å². The van der Waals surface area contributed by atoms with Crippen molar-refractivity contribution in [2.45, 2.75) is 26.3 Å². The van der Waals surface area contributed by atoms with Gasteiger partial charge in [-0.3, -0.25) is 0 Å². The molecule has 0 amide bonds. The fraction of sp³-hybridized carbons (Fsp3) is 0.312. The van der Waals surface area contributed by atoms with Gasteiger partial charge < -0.3 is 9.64 Å². The Morgan fingerprint density at radius 3 is 2.70 bits per heavy atom. The number of carbonyl (C=O) groups is 1. The van der Waals surface area contributed by atoms with Crippen molar-refractivity contribution < 1.29 is 9.53 Å². The molecule has 0 fully saturated rings.